The molecule has 0 amide bonds. The van der Waals surface area contributed by atoms with E-state index in [9.17, 15) is 0 Å². The molecule has 1 unspecified atom stereocenters. The van der Waals surface area contributed by atoms with Crippen molar-refractivity contribution in [3.8, 4) is 5.75 Å². The monoisotopic (exact) mass is 239 g/mol. The molecular weight excluding hydrogens is 218 g/mol. The van der Waals surface area contributed by atoms with E-state index < -0.39 is 0 Å². The topological polar surface area (TPSA) is 50.7 Å². The summed E-state index contributed by atoms with van der Waals surface area (Å²) in [7, 11) is 1.67. The van der Waals surface area contributed by atoms with Crippen molar-refractivity contribution in [1.29, 1.82) is 0 Å². The minimum absolute atomic E-state index is 0.0221. The minimum atomic E-state index is -0.0221. The van der Waals surface area contributed by atoms with Crippen molar-refractivity contribution in [3.05, 3.63) is 29.8 Å². The van der Waals surface area contributed by atoms with Crippen LogP contribution in [0.4, 0.5) is 0 Å². The smallest absolute Gasteiger partial charge is 0.119 e. The maximum Gasteiger partial charge on any atom is 0.119 e. The lowest BCUT2D eigenvalue weighted by Crippen LogP contribution is -2.37. The number of hydrogen-bond donors (Lipinski definition) is 2. The summed E-state index contributed by atoms with van der Waals surface area (Å²) in [6.07, 6.45) is 0. The van der Waals surface area contributed by atoms with Gasteiger partial charge in [-0.25, -0.2) is 0 Å². The van der Waals surface area contributed by atoms with Crippen molar-refractivity contribution in [2.24, 2.45) is 0 Å². The van der Waals surface area contributed by atoms with Gasteiger partial charge in [0, 0.05) is 7.11 Å². The Bertz CT molecular complexity index is 317. The molecule has 4 heteroatoms. The molecule has 1 aromatic carbocycles. The molecule has 0 saturated carbocycles. The van der Waals surface area contributed by atoms with Gasteiger partial charge in [0.2, 0.25) is 0 Å². The van der Waals surface area contributed by atoms with Gasteiger partial charge in [-0.3, -0.25) is 0 Å². The summed E-state index contributed by atoms with van der Waals surface area (Å²) in [4.78, 5) is 0. The Morgan fingerprint density at radius 3 is 2.88 bits per heavy atom. The SMILES string of the molecule is CCNC(CO)COc1cccc(COC)c1. The number of likely N-dealkylation sites (N-methyl/N-ethyl adjacent to an activating group) is 1. The van der Waals surface area contributed by atoms with Gasteiger partial charge in [-0.05, 0) is 24.2 Å². The zero-order chi connectivity index (χ0) is 12.5. The van der Waals surface area contributed by atoms with E-state index in [4.69, 9.17) is 14.6 Å². The van der Waals surface area contributed by atoms with E-state index >= 15 is 0 Å². The van der Waals surface area contributed by atoms with E-state index in [1.54, 1.807) is 7.11 Å². The number of hydrogen-bond acceptors (Lipinski definition) is 4. The molecule has 0 saturated heterocycles. The van der Waals surface area contributed by atoms with Crippen LogP contribution in [0.1, 0.15) is 12.5 Å². The highest BCUT2D eigenvalue weighted by Crippen LogP contribution is 2.14. The summed E-state index contributed by atoms with van der Waals surface area (Å²) in [5, 5.41) is 12.3. The van der Waals surface area contributed by atoms with Crippen LogP contribution in [-0.2, 0) is 11.3 Å². The van der Waals surface area contributed by atoms with Crippen LogP contribution in [0.2, 0.25) is 0 Å². The molecule has 0 bridgehead atoms. The third-order valence-electron chi connectivity index (χ3n) is 2.37. The highest BCUT2D eigenvalue weighted by molar-refractivity contribution is 5.28. The normalized spacial score (nSPS) is 12.4. The number of aliphatic hydroxyl groups is 1. The van der Waals surface area contributed by atoms with Crippen LogP contribution in [0.3, 0.4) is 0 Å². The fraction of sp³-hybridized carbons (Fsp3) is 0.538. The molecule has 0 radical (unpaired) electrons. The molecule has 1 atom stereocenters. The molecule has 1 rings (SSSR count). The second-order valence-electron chi connectivity index (χ2n) is 3.83. The number of ether oxygens (including phenoxy) is 2. The lowest BCUT2D eigenvalue weighted by molar-refractivity contribution is 0.180. The van der Waals surface area contributed by atoms with Gasteiger partial charge in [0.15, 0.2) is 0 Å². The molecule has 2 N–H and O–H groups in total. The summed E-state index contributed by atoms with van der Waals surface area (Å²) in [5.41, 5.74) is 1.08. The fourth-order valence-electron chi connectivity index (χ4n) is 1.55. The largest absolute Gasteiger partial charge is 0.492 e. The number of methoxy groups -OCH3 is 1. The van der Waals surface area contributed by atoms with Gasteiger partial charge >= 0.3 is 0 Å². The molecule has 0 spiro atoms. The average Bonchev–Trinajstić information content (AvgIpc) is 2.35. The molecule has 17 heavy (non-hydrogen) atoms. The van der Waals surface area contributed by atoms with Gasteiger partial charge in [-0.15, -0.1) is 0 Å². The average molecular weight is 239 g/mol. The highest BCUT2D eigenvalue weighted by Gasteiger charge is 2.06. The van der Waals surface area contributed by atoms with Gasteiger partial charge in [0.25, 0.3) is 0 Å². The fourth-order valence-corrected chi connectivity index (χ4v) is 1.55. The van der Waals surface area contributed by atoms with Gasteiger partial charge in [0.05, 0.1) is 19.3 Å². The Morgan fingerprint density at radius 1 is 1.41 bits per heavy atom. The molecule has 4 nitrogen and oxygen atoms in total. The van der Waals surface area contributed by atoms with E-state index in [1.807, 2.05) is 31.2 Å². The van der Waals surface area contributed by atoms with Crippen LogP contribution >= 0.6 is 0 Å². The molecule has 0 aliphatic rings. The van der Waals surface area contributed by atoms with E-state index in [1.165, 1.54) is 0 Å². The minimum Gasteiger partial charge on any atom is -0.492 e. The zero-order valence-electron chi connectivity index (χ0n) is 10.5. The Kier molecular flexibility index (Phi) is 6.62. The van der Waals surface area contributed by atoms with Crippen molar-refractivity contribution >= 4 is 0 Å². The predicted octanol–water partition coefficient (Wildman–Crippen LogP) is 1.18. The Morgan fingerprint density at radius 2 is 2.24 bits per heavy atom. The Balaban J connectivity index is 2.47. The Labute approximate surface area is 103 Å². The number of nitrogens with one attached hydrogen (secondary N) is 1. The first kappa shape index (κ1) is 14.0. The van der Waals surface area contributed by atoms with Crippen molar-refractivity contribution in [3.63, 3.8) is 0 Å². The molecule has 1 aromatic rings. The first-order chi connectivity index (χ1) is 8.30. The summed E-state index contributed by atoms with van der Waals surface area (Å²) in [6, 6.07) is 7.75. The number of rotatable bonds is 8. The first-order valence-electron chi connectivity index (χ1n) is 5.85. The van der Waals surface area contributed by atoms with E-state index in [-0.39, 0.29) is 12.6 Å². The second-order valence-corrected chi connectivity index (χ2v) is 3.83. The molecular formula is C13H21NO3. The van der Waals surface area contributed by atoms with Gasteiger partial charge in [0.1, 0.15) is 12.4 Å². The lowest BCUT2D eigenvalue weighted by Gasteiger charge is -2.16. The van der Waals surface area contributed by atoms with Crippen molar-refractivity contribution in [1.82, 2.24) is 5.32 Å². The maximum atomic E-state index is 9.11. The van der Waals surface area contributed by atoms with Crippen LogP contribution in [0, 0.1) is 0 Å². The summed E-state index contributed by atoms with van der Waals surface area (Å²) in [5.74, 6) is 0.802. The molecule has 0 fully saturated rings. The van der Waals surface area contributed by atoms with E-state index in [2.05, 4.69) is 5.32 Å². The van der Waals surface area contributed by atoms with Gasteiger partial charge in [-0.1, -0.05) is 19.1 Å². The van der Waals surface area contributed by atoms with Crippen LogP contribution in [0.15, 0.2) is 24.3 Å². The molecule has 0 aromatic heterocycles. The second kappa shape index (κ2) is 8.06. The summed E-state index contributed by atoms with van der Waals surface area (Å²) < 4.78 is 10.7. The third kappa shape index (κ3) is 5.17. The van der Waals surface area contributed by atoms with Gasteiger partial charge in [-0.2, -0.15) is 0 Å². The summed E-state index contributed by atoms with van der Waals surface area (Å²) in [6.45, 7) is 3.93. The van der Waals surface area contributed by atoms with Crippen molar-refractivity contribution in [2.75, 3.05) is 26.9 Å². The summed E-state index contributed by atoms with van der Waals surface area (Å²) >= 11 is 0. The van der Waals surface area contributed by atoms with Crippen LogP contribution in [-0.4, -0.2) is 38.0 Å². The van der Waals surface area contributed by atoms with Gasteiger partial charge < -0.3 is 19.9 Å². The van der Waals surface area contributed by atoms with Crippen molar-refractivity contribution in [2.45, 2.75) is 19.6 Å². The first-order valence-corrected chi connectivity index (χ1v) is 5.85. The zero-order valence-corrected chi connectivity index (χ0v) is 10.5. The Hall–Kier alpha value is -1.10. The number of benzene rings is 1. The predicted molar refractivity (Wildman–Crippen MR) is 67.2 cm³/mol. The third-order valence-corrected chi connectivity index (χ3v) is 2.37. The highest BCUT2D eigenvalue weighted by atomic mass is 16.5. The van der Waals surface area contributed by atoms with Crippen LogP contribution < -0.4 is 10.1 Å². The van der Waals surface area contributed by atoms with Crippen molar-refractivity contribution < 1.29 is 14.6 Å². The van der Waals surface area contributed by atoms with E-state index in [0.29, 0.717) is 13.2 Å². The molecule has 0 aliphatic heterocycles. The maximum absolute atomic E-state index is 9.11. The molecule has 96 valence electrons. The number of aliphatic hydroxyl groups excluding tert-OH is 1. The standard InChI is InChI=1S/C13H21NO3/c1-3-14-12(8-15)10-17-13-6-4-5-11(7-13)9-16-2/h4-7,12,14-15H,3,8-10H2,1-2H3. The molecule has 0 aliphatic carbocycles. The lowest BCUT2D eigenvalue weighted by atomic mass is 10.2. The van der Waals surface area contributed by atoms with Crippen LogP contribution in [0.25, 0.3) is 0 Å². The molecule has 0 heterocycles. The quantitative estimate of drug-likeness (QED) is 0.715. The van der Waals surface area contributed by atoms with Crippen LogP contribution in [0.5, 0.6) is 5.75 Å². The van der Waals surface area contributed by atoms with E-state index in [0.717, 1.165) is 17.9 Å².